The first kappa shape index (κ1) is 9.08. The van der Waals surface area contributed by atoms with E-state index in [1.807, 2.05) is 0 Å². The van der Waals surface area contributed by atoms with Crippen LogP contribution in [0.4, 0.5) is 10.1 Å². The number of anilines is 1. The molecular weight excluding hydrogens is 307 g/mol. The molecule has 0 bridgehead atoms. The van der Waals surface area contributed by atoms with Gasteiger partial charge in [0.2, 0.25) is 5.95 Å². The minimum atomic E-state index is -1.19. The van der Waals surface area contributed by atoms with Crippen LogP contribution in [0.25, 0.3) is 0 Å². The molecule has 13 heavy (non-hydrogen) atoms. The van der Waals surface area contributed by atoms with Crippen LogP contribution in [0.1, 0.15) is 5.56 Å². The summed E-state index contributed by atoms with van der Waals surface area (Å²) in [7, 11) is 0. The van der Waals surface area contributed by atoms with Crippen LogP contribution in [-0.2, 0) is 8.03 Å². The van der Waals surface area contributed by atoms with Crippen molar-refractivity contribution < 1.29 is 9.18 Å². The van der Waals surface area contributed by atoms with E-state index in [9.17, 15) is 9.18 Å². The van der Waals surface area contributed by atoms with Gasteiger partial charge in [-0.15, -0.1) is 0 Å². The summed E-state index contributed by atoms with van der Waals surface area (Å²) >= 11 is 6.16. The molecule has 2 rings (SSSR count). The molecule has 1 N–H and O–H groups in total. The Morgan fingerprint density at radius 2 is 2.23 bits per heavy atom. The second-order valence-corrected chi connectivity index (χ2v) is 6.00. The molecule has 0 atom stereocenters. The molecule has 0 unspecified atom stereocenters. The second kappa shape index (κ2) is 2.75. The summed E-state index contributed by atoms with van der Waals surface area (Å²) in [6.07, 6.45) is 1.30. The topological polar surface area (TPSA) is 42.0 Å². The van der Waals surface area contributed by atoms with Gasteiger partial charge in [-0.2, -0.15) is 4.39 Å². The first-order valence-electron chi connectivity index (χ1n) is 3.37. The van der Waals surface area contributed by atoms with E-state index in [0.717, 1.165) is 0 Å². The van der Waals surface area contributed by atoms with Crippen LogP contribution in [0.15, 0.2) is 12.3 Å². The highest BCUT2D eigenvalue weighted by Crippen LogP contribution is 2.47. The van der Waals surface area contributed by atoms with Crippen molar-refractivity contribution in [2.45, 2.75) is 3.23 Å². The zero-order valence-corrected chi connectivity index (χ0v) is 9.32. The Hall–Kier alpha value is -0.490. The van der Waals surface area contributed by atoms with Crippen molar-refractivity contribution in [3.05, 3.63) is 23.8 Å². The first-order chi connectivity index (χ1) is 6.03. The van der Waals surface area contributed by atoms with Crippen LogP contribution >= 0.6 is 31.9 Å². The Balaban J connectivity index is 2.70. The molecule has 6 heteroatoms. The number of carbonyl (C=O) groups is 1. The number of pyridine rings is 1. The molecule has 1 aliphatic rings. The Kier molecular flexibility index (Phi) is 1.92. The number of halogens is 3. The maximum absolute atomic E-state index is 13.2. The average molecular weight is 310 g/mol. The minimum absolute atomic E-state index is 0.194. The Bertz CT molecular complexity index is 394. The number of nitrogens with one attached hydrogen (secondary N) is 1. The standard InChI is InChI=1S/C7H3Br2FN2O/c8-7(9)4-3(12-6(7)13)1-2-11-5(4)10/h1-2H,(H,12,13). The maximum Gasteiger partial charge on any atom is 0.256 e. The predicted molar refractivity (Wildman–Crippen MR) is 52.4 cm³/mol. The van der Waals surface area contributed by atoms with E-state index in [4.69, 9.17) is 0 Å². The number of alkyl halides is 2. The van der Waals surface area contributed by atoms with E-state index in [-0.39, 0.29) is 11.5 Å². The van der Waals surface area contributed by atoms with Crippen LogP contribution in [0.5, 0.6) is 0 Å². The van der Waals surface area contributed by atoms with E-state index >= 15 is 0 Å². The number of hydrogen-bond acceptors (Lipinski definition) is 2. The third-order valence-electron chi connectivity index (χ3n) is 1.75. The average Bonchev–Trinajstić information content (AvgIpc) is 2.24. The van der Waals surface area contributed by atoms with Gasteiger partial charge in [0, 0.05) is 6.20 Å². The summed E-state index contributed by atoms with van der Waals surface area (Å²) < 4.78 is 12.0. The number of fused-ring (bicyclic) bond motifs is 1. The van der Waals surface area contributed by atoms with Gasteiger partial charge < -0.3 is 5.32 Å². The Labute approximate surface area is 90.0 Å². The molecule has 1 aromatic rings. The van der Waals surface area contributed by atoms with Gasteiger partial charge in [0.15, 0.2) is 3.23 Å². The van der Waals surface area contributed by atoms with E-state index in [1.165, 1.54) is 6.20 Å². The van der Waals surface area contributed by atoms with Crippen molar-refractivity contribution in [1.29, 1.82) is 0 Å². The Morgan fingerprint density at radius 3 is 2.85 bits per heavy atom. The zero-order chi connectivity index (χ0) is 9.64. The summed E-state index contributed by atoms with van der Waals surface area (Å²) in [4.78, 5) is 14.8. The zero-order valence-electron chi connectivity index (χ0n) is 6.14. The van der Waals surface area contributed by atoms with Crippen LogP contribution in [0.2, 0.25) is 0 Å². The molecule has 0 radical (unpaired) electrons. The van der Waals surface area contributed by atoms with E-state index in [1.54, 1.807) is 6.07 Å². The molecule has 3 nitrogen and oxygen atoms in total. The largest absolute Gasteiger partial charge is 0.323 e. The normalized spacial score (nSPS) is 18.2. The first-order valence-corrected chi connectivity index (χ1v) is 4.96. The highest BCUT2D eigenvalue weighted by atomic mass is 79.9. The fourth-order valence-corrected chi connectivity index (χ4v) is 2.11. The molecular formula is C7H3Br2FN2O. The van der Waals surface area contributed by atoms with Gasteiger partial charge in [0.05, 0.1) is 11.3 Å². The van der Waals surface area contributed by atoms with E-state index in [2.05, 4.69) is 42.2 Å². The van der Waals surface area contributed by atoms with E-state index in [0.29, 0.717) is 5.69 Å². The van der Waals surface area contributed by atoms with Crippen molar-refractivity contribution in [1.82, 2.24) is 4.98 Å². The summed E-state index contributed by atoms with van der Waals surface area (Å²) in [6, 6.07) is 1.54. The van der Waals surface area contributed by atoms with Crippen LogP contribution in [0, 0.1) is 5.95 Å². The predicted octanol–water partition coefficient (Wildman–Crippen LogP) is 2.12. The van der Waals surface area contributed by atoms with E-state index < -0.39 is 9.18 Å². The lowest BCUT2D eigenvalue weighted by atomic mass is 10.2. The lowest BCUT2D eigenvalue weighted by Gasteiger charge is -2.09. The number of rotatable bonds is 0. The van der Waals surface area contributed by atoms with Crippen molar-refractivity contribution in [3.8, 4) is 0 Å². The minimum Gasteiger partial charge on any atom is -0.323 e. The number of aromatic nitrogens is 1. The van der Waals surface area contributed by atoms with Crippen molar-refractivity contribution in [2.24, 2.45) is 0 Å². The molecule has 0 saturated carbocycles. The van der Waals surface area contributed by atoms with Crippen molar-refractivity contribution in [3.63, 3.8) is 0 Å². The van der Waals surface area contributed by atoms with Crippen LogP contribution in [-0.4, -0.2) is 10.9 Å². The van der Waals surface area contributed by atoms with Gasteiger partial charge in [-0.1, -0.05) is 31.9 Å². The highest BCUT2D eigenvalue weighted by molar-refractivity contribution is 9.25. The van der Waals surface area contributed by atoms with Crippen LogP contribution < -0.4 is 5.32 Å². The number of carbonyl (C=O) groups excluding carboxylic acids is 1. The van der Waals surface area contributed by atoms with Gasteiger partial charge in [-0.3, -0.25) is 4.79 Å². The number of nitrogens with zero attached hydrogens (tertiary/aromatic N) is 1. The fraction of sp³-hybridized carbons (Fsp3) is 0.143. The van der Waals surface area contributed by atoms with Gasteiger partial charge in [0.1, 0.15) is 0 Å². The van der Waals surface area contributed by atoms with Crippen molar-refractivity contribution in [2.75, 3.05) is 5.32 Å². The number of hydrogen-bond donors (Lipinski definition) is 1. The summed E-state index contributed by atoms with van der Waals surface area (Å²) in [5.41, 5.74) is 0.631. The third-order valence-corrected chi connectivity index (χ3v) is 3.27. The van der Waals surface area contributed by atoms with Gasteiger partial charge in [-0.05, 0) is 6.07 Å². The second-order valence-electron chi connectivity index (χ2n) is 2.55. The van der Waals surface area contributed by atoms with Crippen LogP contribution in [0.3, 0.4) is 0 Å². The third kappa shape index (κ3) is 1.20. The molecule has 1 aliphatic heterocycles. The maximum atomic E-state index is 13.2. The molecule has 0 fully saturated rings. The molecule has 1 amide bonds. The van der Waals surface area contributed by atoms with Gasteiger partial charge in [0.25, 0.3) is 5.91 Å². The highest BCUT2D eigenvalue weighted by Gasteiger charge is 2.45. The van der Waals surface area contributed by atoms with Gasteiger partial charge >= 0.3 is 0 Å². The molecule has 68 valence electrons. The quantitative estimate of drug-likeness (QED) is 0.589. The van der Waals surface area contributed by atoms with Crippen molar-refractivity contribution >= 4 is 43.5 Å². The SMILES string of the molecule is O=C1Nc2ccnc(F)c2C1(Br)Br. The molecule has 1 aromatic heterocycles. The molecule has 0 spiro atoms. The lowest BCUT2D eigenvalue weighted by Crippen LogP contribution is -2.21. The smallest absolute Gasteiger partial charge is 0.256 e. The lowest BCUT2D eigenvalue weighted by molar-refractivity contribution is -0.115. The molecule has 0 aromatic carbocycles. The molecule has 2 heterocycles. The van der Waals surface area contributed by atoms with Gasteiger partial charge in [-0.25, -0.2) is 4.98 Å². The molecule has 0 saturated heterocycles. The monoisotopic (exact) mass is 308 g/mol. The summed E-state index contributed by atoms with van der Waals surface area (Å²) in [5, 5.41) is 2.52. The summed E-state index contributed by atoms with van der Waals surface area (Å²) in [5.74, 6) is -1.01. The number of amides is 1. The summed E-state index contributed by atoms with van der Waals surface area (Å²) in [6.45, 7) is 0. The molecule has 0 aliphatic carbocycles. The Morgan fingerprint density at radius 1 is 1.54 bits per heavy atom. The fourth-order valence-electron chi connectivity index (χ4n) is 1.15.